The molecule has 0 saturated carbocycles. The Kier molecular flexibility index (Phi) is 10.2. The highest BCUT2D eigenvalue weighted by atomic mass is 16.5. The molecule has 1 spiro atoms. The van der Waals surface area contributed by atoms with Crippen LogP contribution in [0.5, 0.6) is 5.75 Å². The molecule has 1 amide bonds. The van der Waals surface area contributed by atoms with Crippen LogP contribution in [0.25, 0.3) is 16.6 Å². The largest absolute Gasteiger partial charge is 0.492 e. The lowest BCUT2D eigenvalue weighted by atomic mass is 9.74. The standard InChI is InChI=1S/C33H42N8O2.C3H8/c1-22(2)38(6)24(4)14-23(3)17-41-28-9-7-8-27(31(28)25(5)37-41)36-32(42)29-16-35-30-15-26(10-11-40(29)30)43-13-12-39-20-33(21-39)18-34-19-33;1-3-2/h7-11,14-16,22,34H,3,12-13,17-21H2,1-2,4-6H3,(H,36,42);3H2,1-2H3/b24-14-;. The first-order chi connectivity index (χ1) is 22.0. The van der Waals surface area contributed by atoms with E-state index in [0.29, 0.717) is 41.6 Å². The second-order valence-electron chi connectivity index (χ2n) is 13.1. The number of hydrogen-bond donors (Lipinski definition) is 2. The number of anilines is 1. The zero-order valence-corrected chi connectivity index (χ0v) is 28.6. The second kappa shape index (κ2) is 14.1. The van der Waals surface area contributed by atoms with Gasteiger partial charge in [-0.2, -0.15) is 5.10 Å². The number of imidazole rings is 1. The van der Waals surface area contributed by atoms with E-state index in [2.05, 4.69) is 79.7 Å². The number of aryl methyl sites for hydroxylation is 1. The molecule has 3 aromatic heterocycles. The Balaban J connectivity index is 0.00000134. The van der Waals surface area contributed by atoms with Crippen LogP contribution in [0.2, 0.25) is 0 Å². The molecule has 10 heteroatoms. The lowest BCUT2D eigenvalue weighted by molar-refractivity contribution is -0.0440. The summed E-state index contributed by atoms with van der Waals surface area (Å²) >= 11 is 0. The van der Waals surface area contributed by atoms with Crippen molar-refractivity contribution in [1.82, 2.24) is 34.3 Å². The first-order valence-corrected chi connectivity index (χ1v) is 16.4. The highest BCUT2D eigenvalue weighted by Gasteiger charge is 2.46. The van der Waals surface area contributed by atoms with E-state index in [4.69, 9.17) is 9.84 Å². The summed E-state index contributed by atoms with van der Waals surface area (Å²) in [7, 11) is 2.08. The molecule has 2 N–H and O–H groups in total. The molecule has 5 heterocycles. The molecule has 10 nitrogen and oxygen atoms in total. The summed E-state index contributed by atoms with van der Waals surface area (Å²) in [4.78, 5) is 22.6. The van der Waals surface area contributed by atoms with Gasteiger partial charge in [0, 0.05) is 74.6 Å². The molecule has 2 aliphatic rings. The van der Waals surface area contributed by atoms with Gasteiger partial charge in [-0.25, -0.2) is 4.98 Å². The van der Waals surface area contributed by atoms with Crippen molar-refractivity contribution in [3.8, 4) is 5.75 Å². The van der Waals surface area contributed by atoms with Gasteiger partial charge in [-0.1, -0.05) is 32.9 Å². The van der Waals surface area contributed by atoms with Crippen molar-refractivity contribution in [1.29, 1.82) is 0 Å². The number of ether oxygens (including phenoxy) is 1. The zero-order valence-electron chi connectivity index (χ0n) is 28.6. The molecule has 2 aliphatic heterocycles. The molecule has 2 saturated heterocycles. The molecule has 2 fully saturated rings. The van der Waals surface area contributed by atoms with Crippen molar-refractivity contribution in [2.75, 3.05) is 51.7 Å². The Bertz CT molecular complexity index is 1720. The molecule has 1 aromatic carbocycles. The van der Waals surface area contributed by atoms with Gasteiger partial charge in [-0.05, 0) is 57.5 Å². The quantitative estimate of drug-likeness (QED) is 0.205. The number of aromatic nitrogens is 4. The molecule has 0 atom stereocenters. The van der Waals surface area contributed by atoms with Gasteiger partial charge in [0.15, 0.2) is 0 Å². The van der Waals surface area contributed by atoms with E-state index in [9.17, 15) is 4.79 Å². The summed E-state index contributed by atoms with van der Waals surface area (Å²) in [5.41, 5.74) is 6.24. The molecule has 0 unspecified atom stereocenters. The Morgan fingerprint density at radius 2 is 1.98 bits per heavy atom. The van der Waals surface area contributed by atoms with Crippen LogP contribution in [-0.2, 0) is 6.54 Å². The highest BCUT2D eigenvalue weighted by molar-refractivity contribution is 6.08. The maximum absolute atomic E-state index is 13.5. The van der Waals surface area contributed by atoms with E-state index < -0.39 is 0 Å². The predicted octanol–water partition coefficient (Wildman–Crippen LogP) is 5.75. The zero-order chi connectivity index (χ0) is 33.0. The fraction of sp³-hybridized carbons (Fsp3) is 0.472. The van der Waals surface area contributed by atoms with Crippen molar-refractivity contribution in [3.05, 3.63) is 78.0 Å². The monoisotopic (exact) mass is 626 g/mol. The molecule has 0 bridgehead atoms. The third-order valence-corrected chi connectivity index (χ3v) is 8.81. The smallest absolute Gasteiger partial charge is 0.274 e. The number of benzene rings is 1. The molecule has 246 valence electrons. The van der Waals surface area contributed by atoms with Gasteiger partial charge in [0.25, 0.3) is 5.91 Å². The van der Waals surface area contributed by atoms with Crippen molar-refractivity contribution in [3.63, 3.8) is 0 Å². The minimum Gasteiger partial charge on any atom is -0.492 e. The van der Waals surface area contributed by atoms with Gasteiger partial charge >= 0.3 is 0 Å². The average molecular weight is 627 g/mol. The highest BCUT2D eigenvalue weighted by Crippen LogP contribution is 2.33. The molecule has 0 aliphatic carbocycles. The topological polar surface area (TPSA) is 92.0 Å². The van der Waals surface area contributed by atoms with Crippen molar-refractivity contribution < 1.29 is 9.53 Å². The molecular weight excluding hydrogens is 576 g/mol. The Labute approximate surface area is 273 Å². The lowest BCUT2D eigenvalue weighted by Gasteiger charge is -2.56. The van der Waals surface area contributed by atoms with Gasteiger partial charge in [-0.15, -0.1) is 0 Å². The van der Waals surface area contributed by atoms with Crippen LogP contribution < -0.4 is 15.4 Å². The van der Waals surface area contributed by atoms with Crippen molar-refractivity contribution in [2.24, 2.45) is 5.41 Å². The van der Waals surface area contributed by atoms with Gasteiger partial charge in [0.2, 0.25) is 0 Å². The van der Waals surface area contributed by atoms with Crippen LogP contribution in [0.4, 0.5) is 5.69 Å². The number of fused-ring (bicyclic) bond motifs is 2. The number of likely N-dealkylation sites (tertiary alicyclic amines) is 1. The number of carbonyl (C=O) groups excluding carboxylic acids is 1. The van der Waals surface area contributed by atoms with Gasteiger partial charge in [-0.3, -0.25) is 18.8 Å². The van der Waals surface area contributed by atoms with E-state index in [1.807, 2.05) is 48.1 Å². The number of amides is 1. The minimum absolute atomic E-state index is 0.238. The second-order valence-corrected chi connectivity index (χ2v) is 13.1. The van der Waals surface area contributed by atoms with Crippen LogP contribution in [0.1, 0.15) is 57.2 Å². The maximum atomic E-state index is 13.5. The van der Waals surface area contributed by atoms with Crippen LogP contribution in [-0.4, -0.2) is 87.3 Å². The molecule has 4 aromatic rings. The molecule has 0 radical (unpaired) electrons. The Hall–Kier alpha value is -4.15. The number of carbonyl (C=O) groups is 1. The number of nitrogens with one attached hydrogen (secondary N) is 2. The van der Waals surface area contributed by atoms with Crippen LogP contribution in [0.15, 0.2) is 66.7 Å². The Morgan fingerprint density at radius 1 is 1.24 bits per heavy atom. The third-order valence-electron chi connectivity index (χ3n) is 8.81. The number of rotatable bonds is 11. The first-order valence-electron chi connectivity index (χ1n) is 16.4. The van der Waals surface area contributed by atoms with Gasteiger partial charge < -0.3 is 20.3 Å². The summed E-state index contributed by atoms with van der Waals surface area (Å²) in [5.74, 6) is 0.513. The predicted molar refractivity (Wildman–Crippen MR) is 187 cm³/mol. The van der Waals surface area contributed by atoms with Crippen molar-refractivity contribution in [2.45, 2.75) is 60.5 Å². The van der Waals surface area contributed by atoms with E-state index >= 15 is 0 Å². The first kappa shape index (κ1) is 33.2. The SMILES string of the molecule is C=C(/C=C(/C)N(C)C(C)C)Cn1nc(C)c2c(NC(=O)c3cnc4cc(OCCN5CC6(CNC6)C5)ccn34)cccc21.CCC. The molecule has 6 rings (SSSR count). The van der Waals surface area contributed by atoms with E-state index in [1.54, 1.807) is 10.6 Å². The van der Waals surface area contributed by atoms with Crippen LogP contribution in [0.3, 0.4) is 0 Å². The van der Waals surface area contributed by atoms with Gasteiger partial charge in [0.05, 0.1) is 29.6 Å². The molecule has 46 heavy (non-hydrogen) atoms. The summed E-state index contributed by atoms with van der Waals surface area (Å²) < 4.78 is 9.74. The third kappa shape index (κ3) is 7.13. The normalized spacial score (nSPS) is 15.8. The fourth-order valence-corrected chi connectivity index (χ4v) is 6.15. The lowest BCUT2D eigenvalue weighted by Crippen LogP contribution is -2.71. The Morgan fingerprint density at radius 3 is 2.65 bits per heavy atom. The summed E-state index contributed by atoms with van der Waals surface area (Å²) in [6, 6.07) is 10.0. The minimum atomic E-state index is -0.238. The average Bonchev–Trinajstić information content (AvgIpc) is 3.54. The summed E-state index contributed by atoms with van der Waals surface area (Å²) in [5, 5.41) is 12.2. The van der Waals surface area contributed by atoms with Crippen LogP contribution >= 0.6 is 0 Å². The number of allylic oxidation sites excluding steroid dienone is 3. The number of nitrogens with zero attached hydrogens (tertiary/aromatic N) is 6. The van der Waals surface area contributed by atoms with E-state index in [1.165, 1.54) is 6.42 Å². The maximum Gasteiger partial charge on any atom is 0.274 e. The van der Waals surface area contributed by atoms with Crippen LogP contribution in [0, 0.1) is 12.3 Å². The molecular formula is C36H50N8O2. The van der Waals surface area contributed by atoms with E-state index in [0.717, 1.165) is 66.3 Å². The number of pyridine rings is 1. The summed E-state index contributed by atoms with van der Waals surface area (Å²) in [6.07, 6.45) is 6.79. The van der Waals surface area contributed by atoms with Gasteiger partial charge in [0.1, 0.15) is 23.7 Å². The summed E-state index contributed by atoms with van der Waals surface area (Å²) in [6.45, 7) is 23.6. The van der Waals surface area contributed by atoms with E-state index in [-0.39, 0.29) is 5.91 Å². The number of hydrogen-bond acceptors (Lipinski definition) is 7. The fourth-order valence-electron chi connectivity index (χ4n) is 6.15. The van der Waals surface area contributed by atoms with Crippen molar-refractivity contribution >= 4 is 28.1 Å².